The zero-order valence-electron chi connectivity index (χ0n) is 8.46. The maximum absolute atomic E-state index is 2.12. The molecule has 0 rings (SSSR count). The maximum Gasteiger partial charge on any atom is -0.0234 e. The van der Waals surface area contributed by atoms with Gasteiger partial charge in [-0.25, -0.2) is 0 Å². The third-order valence-electron chi connectivity index (χ3n) is 1.56. The fourth-order valence-corrected chi connectivity index (χ4v) is 1.02. The van der Waals surface area contributed by atoms with Crippen molar-refractivity contribution >= 4 is 0 Å². The van der Waals surface area contributed by atoms with E-state index in [2.05, 4.69) is 43.4 Å². The van der Waals surface area contributed by atoms with Crippen molar-refractivity contribution in [1.82, 2.24) is 0 Å². The molecule has 0 aromatic rings. The first-order valence-electron chi connectivity index (χ1n) is 4.35. The van der Waals surface area contributed by atoms with Gasteiger partial charge in [-0.2, -0.15) is 0 Å². The first kappa shape index (κ1) is 11.0. The number of hydrogen-bond donors (Lipinski definition) is 0. The quantitative estimate of drug-likeness (QED) is 0.549. The molecule has 0 aromatic heterocycles. The number of rotatable bonds is 3. The monoisotopic (exact) mass is 162 g/mol. The van der Waals surface area contributed by atoms with Crippen LogP contribution in [-0.2, 0) is 0 Å². The molecule has 0 aliphatic rings. The Labute approximate surface area is 76.0 Å². The minimum Gasteiger partial charge on any atom is -0.0874 e. The molecule has 0 fully saturated rings. The van der Waals surface area contributed by atoms with Crippen molar-refractivity contribution < 1.29 is 0 Å². The zero-order valence-corrected chi connectivity index (χ0v) is 8.46. The van der Waals surface area contributed by atoms with E-state index in [0.717, 1.165) is 0 Å². The highest BCUT2D eigenvalue weighted by Gasteiger charge is 1.88. The fraction of sp³-hybridized carbons (Fsp3) is 0.333. The lowest BCUT2D eigenvalue weighted by atomic mass is 10.1. The van der Waals surface area contributed by atoms with E-state index in [0.29, 0.717) is 0 Å². The summed E-state index contributed by atoms with van der Waals surface area (Å²) >= 11 is 0. The lowest BCUT2D eigenvalue weighted by Gasteiger charge is -1.97. The van der Waals surface area contributed by atoms with Gasteiger partial charge in [0.05, 0.1) is 0 Å². The van der Waals surface area contributed by atoms with E-state index in [1.807, 2.05) is 20.8 Å². The van der Waals surface area contributed by atoms with Gasteiger partial charge in [0.15, 0.2) is 0 Å². The molecule has 0 N–H and O–H groups in total. The van der Waals surface area contributed by atoms with Crippen molar-refractivity contribution in [3.05, 3.63) is 47.6 Å². The second-order valence-corrected chi connectivity index (χ2v) is 2.64. The molecule has 0 aliphatic heterocycles. The van der Waals surface area contributed by atoms with E-state index in [-0.39, 0.29) is 0 Å². The minimum atomic E-state index is 1.28. The van der Waals surface area contributed by atoms with Crippen LogP contribution in [0.25, 0.3) is 0 Å². The van der Waals surface area contributed by atoms with E-state index in [1.54, 1.807) is 0 Å². The molecule has 0 spiro atoms. The van der Waals surface area contributed by atoms with Crippen molar-refractivity contribution in [3.63, 3.8) is 0 Å². The summed E-state index contributed by atoms with van der Waals surface area (Å²) in [5.74, 6) is 0. The topological polar surface area (TPSA) is 0 Å². The number of allylic oxidation sites excluding steroid dienone is 8. The second-order valence-electron chi connectivity index (χ2n) is 2.64. The smallest absolute Gasteiger partial charge is 0.0234 e. The Kier molecular flexibility index (Phi) is 6.08. The Bertz CT molecular complexity index is 210. The average molecular weight is 162 g/mol. The third kappa shape index (κ3) is 3.97. The van der Waals surface area contributed by atoms with Gasteiger partial charge in [-0.05, 0) is 38.8 Å². The Morgan fingerprint density at radius 3 is 1.50 bits per heavy atom. The predicted octanol–water partition coefficient (Wildman–Crippen LogP) is 4.03. The van der Waals surface area contributed by atoms with Gasteiger partial charge < -0.3 is 0 Å². The molecular formula is C12H18. The van der Waals surface area contributed by atoms with Crippen LogP contribution in [0.5, 0.6) is 0 Å². The lowest BCUT2D eigenvalue weighted by Crippen LogP contribution is -1.77. The summed E-state index contributed by atoms with van der Waals surface area (Å²) in [6.07, 6.45) is 12.5. The molecule has 0 aromatic carbocycles. The second kappa shape index (κ2) is 6.66. The molecule has 0 saturated carbocycles. The molecule has 0 unspecified atom stereocenters. The summed E-state index contributed by atoms with van der Waals surface area (Å²) in [5.41, 5.74) is 2.58. The molecular weight excluding hydrogens is 144 g/mol. The predicted molar refractivity (Wildman–Crippen MR) is 57.1 cm³/mol. The fourth-order valence-electron chi connectivity index (χ4n) is 1.02. The minimum absolute atomic E-state index is 1.28. The first-order valence-corrected chi connectivity index (χ1v) is 4.35. The number of hydrogen-bond acceptors (Lipinski definition) is 0. The van der Waals surface area contributed by atoms with Crippen molar-refractivity contribution in [2.75, 3.05) is 0 Å². The zero-order chi connectivity index (χ0) is 9.40. The van der Waals surface area contributed by atoms with Gasteiger partial charge in [0.2, 0.25) is 0 Å². The first-order chi connectivity index (χ1) is 5.76. The Morgan fingerprint density at radius 1 is 0.750 bits per heavy atom. The van der Waals surface area contributed by atoms with Crippen LogP contribution in [0.3, 0.4) is 0 Å². The van der Waals surface area contributed by atoms with Gasteiger partial charge in [0.25, 0.3) is 0 Å². The maximum atomic E-state index is 2.12. The molecule has 0 nitrogen and oxygen atoms in total. The van der Waals surface area contributed by atoms with Crippen LogP contribution in [0.4, 0.5) is 0 Å². The highest BCUT2D eigenvalue weighted by Crippen LogP contribution is 2.09. The molecule has 0 saturated heterocycles. The van der Waals surface area contributed by atoms with Gasteiger partial charge >= 0.3 is 0 Å². The van der Waals surface area contributed by atoms with Crippen LogP contribution in [0.1, 0.15) is 27.7 Å². The molecule has 0 atom stereocenters. The SMILES string of the molecule is C/C=C\C(C)=C(/C=C\C)/C=C\C. The van der Waals surface area contributed by atoms with Crippen LogP contribution < -0.4 is 0 Å². The van der Waals surface area contributed by atoms with E-state index in [9.17, 15) is 0 Å². The summed E-state index contributed by atoms with van der Waals surface area (Å²) in [7, 11) is 0. The molecule has 0 radical (unpaired) electrons. The molecule has 0 heteroatoms. The van der Waals surface area contributed by atoms with Gasteiger partial charge in [-0.1, -0.05) is 36.5 Å². The highest BCUT2D eigenvalue weighted by molar-refractivity contribution is 5.39. The van der Waals surface area contributed by atoms with Crippen LogP contribution in [0.2, 0.25) is 0 Å². The Balaban J connectivity index is 4.78. The summed E-state index contributed by atoms with van der Waals surface area (Å²) in [5, 5.41) is 0. The summed E-state index contributed by atoms with van der Waals surface area (Å²) in [6, 6.07) is 0. The van der Waals surface area contributed by atoms with Crippen LogP contribution >= 0.6 is 0 Å². The van der Waals surface area contributed by atoms with E-state index in [1.165, 1.54) is 11.1 Å². The van der Waals surface area contributed by atoms with Crippen molar-refractivity contribution in [2.24, 2.45) is 0 Å². The van der Waals surface area contributed by atoms with Gasteiger partial charge in [0, 0.05) is 0 Å². The van der Waals surface area contributed by atoms with Crippen LogP contribution in [0.15, 0.2) is 47.6 Å². The highest BCUT2D eigenvalue weighted by atomic mass is 13.9. The standard InChI is InChI=1S/C12H18/c1-5-8-11(4)12(9-6-2)10-7-3/h5-10H,1-4H3/b8-5-,9-6-,10-7-. The average Bonchev–Trinajstić information content (AvgIpc) is 2.04. The van der Waals surface area contributed by atoms with E-state index < -0.39 is 0 Å². The van der Waals surface area contributed by atoms with E-state index in [4.69, 9.17) is 0 Å². The van der Waals surface area contributed by atoms with Gasteiger partial charge in [-0.3, -0.25) is 0 Å². The molecule has 0 aliphatic carbocycles. The Hall–Kier alpha value is -1.04. The van der Waals surface area contributed by atoms with Crippen LogP contribution in [-0.4, -0.2) is 0 Å². The van der Waals surface area contributed by atoms with Gasteiger partial charge in [0.1, 0.15) is 0 Å². The largest absolute Gasteiger partial charge is 0.0874 e. The summed E-state index contributed by atoms with van der Waals surface area (Å²) in [6.45, 7) is 8.22. The van der Waals surface area contributed by atoms with Crippen LogP contribution in [0, 0.1) is 0 Å². The van der Waals surface area contributed by atoms with Gasteiger partial charge in [-0.15, -0.1) is 0 Å². The normalized spacial score (nSPS) is 12.0. The molecule has 0 heterocycles. The third-order valence-corrected chi connectivity index (χ3v) is 1.56. The molecule has 0 amide bonds. The molecule has 0 bridgehead atoms. The van der Waals surface area contributed by atoms with E-state index >= 15 is 0 Å². The molecule has 12 heavy (non-hydrogen) atoms. The summed E-state index contributed by atoms with van der Waals surface area (Å²) < 4.78 is 0. The summed E-state index contributed by atoms with van der Waals surface area (Å²) in [4.78, 5) is 0. The van der Waals surface area contributed by atoms with Crippen molar-refractivity contribution in [2.45, 2.75) is 27.7 Å². The van der Waals surface area contributed by atoms with Crippen molar-refractivity contribution in [1.29, 1.82) is 0 Å². The Morgan fingerprint density at radius 2 is 1.17 bits per heavy atom. The lowest BCUT2D eigenvalue weighted by molar-refractivity contribution is 1.42. The van der Waals surface area contributed by atoms with Crippen molar-refractivity contribution in [3.8, 4) is 0 Å². The molecule has 66 valence electrons.